The van der Waals surface area contributed by atoms with E-state index >= 15 is 0 Å². The molecule has 2 rings (SSSR count). The van der Waals surface area contributed by atoms with Gasteiger partial charge in [0.15, 0.2) is 0 Å². The minimum Gasteiger partial charge on any atom is -0.386 e. The molecule has 0 spiro atoms. The number of benzene rings is 2. The van der Waals surface area contributed by atoms with Crippen LogP contribution >= 0.6 is 0 Å². The van der Waals surface area contributed by atoms with Crippen LogP contribution < -0.4 is 10.6 Å². The molecule has 0 bridgehead atoms. The minimum atomic E-state index is -1.61. The first-order valence-corrected chi connectivity index (χ1v) is 7.58. The average molecular weight is 348 g/mol. The van der Waals surface area contributed by atoms with Crippen molar-refractivity contribution < 1.29 is 23.5 Å². The predicted octanol–water partition coefficient (Wildman–Crippen LogP) is 2.37. The van der Waals surface area contributed by atoms with Crippen LogP contribution in [0.2, 0.25) is 0 Å². The molecular formula is C18H18F2N2O3. The van der Waals surface area contributed by atoms with E-state index in [9.17, 15) is 23.5 Å². The summed E-state index contributed by atoms with van der Waals surface area (Å²) in [6.07, 6.45) is -1.61. The van der Waals surface area contributed by atoms with Gasteiger partial charge in [-0.2, -0.15) is 0 Å². The number of nitrogens with one attached hydrogen (secondary N) is 2. The Morgan fingerprint density at radius 1 is 1.08 bits per heavy atom. The lowest BCUT2D eigenvalue weighted by Gasteiger charge is -2.14. The highest BCUT2D eigenvalue weighted by Crippen LogP contribution is 2.20. The normalized spacial score (nSPS) is 11.7. The van der Waals surface area contributed by atoms with E-state index < -0.39 is 41.7 Å². The summed E-state index contributed by atoms with van der Waals surface area (Å²) in [6, 6.07) is 8.53. The van der Waals surface area contributed by atoms with Crippen molar-refractivity contribution in [1.29, 1.82) is 0 Å². The van der Waals surface area contributed by atoms with Gasteiger partial charge in [-0.25, -0.2) is 8.78 Å². The summed E-state index contributed by atoms with van der Waals surface area (Å²) in [7, 11) is 0. The lowest BCUT2D eigenvalue weighted by atomic mass is 10.1. The third kappa shape index (κ3) is 4.60. The molecule has 0 radical (unpaired) electrons. The van der Waals surface area contributed by atoms with Crippen LogP contribution in [0.3, 0.4) is 0 Å². The molecule has 0 saturated heterocycles. The Bertz CT molecular complexity index is 789. The van der Waals surface area contributed by atoms with Crippen LogP contribution in [0, 0.1) is 25.5 Å². The van der Waals surface area contributed by atoms with Gasteiger partial charge in [-0.15, -0.1) is 0 Å². The van der Waals surface area contributed by atoms with Crippen LogP contribution in [-0.4, -0.2) is 23.5 Å². The van der Waals surface area contributed by atoms with Gasteiger partial charge in [0.2, 0.25) is 0 Å². The fourth-order valence-electron chi connectivity index (χ4n) is 2.25. The second-order valence-corrected chi connectivity index (χ2v) is 5.63. The molecule has 0 aromatic heterocycles. The van der Waals surface area contributed by atoms with Gasteiger partial charge < -0.3 is 15.7 Å². The monoisotopic (exact) mass is 348 g/mol. The van der Waals surface area contributed by atoms with E-state index in [0.717, 1.165) is 29.3 Å². The molecule has 1 atom stereocenters. The third-order valence-electron chi connectivity index (χ3n) is 3.64. The first-order valence-electron chi connectivity index (χ1n) is 7.58. The van der Waals surface area contributed by atoms with Crippen LogP contribution in [0.25, 0.3) is 0 Å². The van der Waals surface area contributed by atoms with Gasteiger partial charge in [0.25, 0.3) is 0 Å². The zero-order valence-corrected chi connectivity index (χ0v) is 13.8. The average Bonchev–Trinajstić information content (AvgIpc) is 2.55. The van der Waals surface area contributed by atoms with Crippen LogP contribution in [0.1, 0.15) is 22.8 Å². The highest BCUT2D eigenvalue weighted by atomic mass is 19.1. The molecule has 0 aliphatic carbocycles. The smallest absolute Gasteiger partial charge is 0.313 e. The van der Waals surface area contributed by atoms with Gasteiger partial charge in [-0.05, 0) is 43.2 Å². The first-order chi connectivity index (χ1) is 11.8. The number of aliphatic hydroxyl groups is 1. The van der Waals surface area contributed by atoms with Crippen LogP contribution in [0.15, 0.2) is 36.4 Å². The Labute approximate surface area is 143 Å². The number of anilines is 1. The molecule has 132 valence electrons. The largest absolute Gasteiger partial charge is 0.386 e. The summed E-state index contributed by atoms with van der Waals surface area (Å²) < 4.78 is 27.1. The fourth-order valence-corrected chi connectivity index (χ4v) is 2.25. The van der Waals surface area contributed by atoms with E-state index in [1.54, 1.807) is 19.1 Å². The first kappa shape index (κ1) is 18.5. The molecule has 0 unspecified atom stereocenters. The molecular weight excluding hydrogens is 330 g/mol. The van der Waals surface area contributed by atoms with Gasteiger partial charge in [0.05, 0.1) is 5.56 Å². The maximum absolute atomic E-state index is 13.6. The molecule has 25 heavy (non-hydrogen) atoms. The SMILES string of the molecule is Cc1ccc(C)c(NC(=O)C(=O)NC[C@H](O)c2c(F)cccc2F)c1. The summed E-state index contributed by atoms with van der Waals surface area (Å²) in [4.78, 5) is 23.7. The van der Waals surface area contributed by atoms with E-state index in [1.807, 2.05) is 13.0 Å². The van der Waals surface area contributed by atoms with Crippen molar-refractivity contribution in [3.63, 3.8) is 0 Å². The summed E-state index contributed by atoms with van der Waals surface area (Å²) in [6.45, 7) is 3.11. The predicted molar refractivity (Wildman–Crippen MR) is 88.9 cm³/mol. The van der Waals surface area contributed by atoms with Crippen molar-refractivity contribution >= 4 is 17.5 Å². The van der Waals surface area contributed by atoms with Gasteiger partial charge >= 0.3 is 11.8 Å². The highest BCUT2D eigenvalue weighted by Gasteiger charge is 2.21. The summed E-state index contributed by atoms with van der Waals surface area (Å²) in [5.41, 5.74) is 1.62. The molecule has 3 N–H and O–H groups in total. The molecule has 7 heteroatoms. The number of rotatable bonds is 4. The topological polar surface area (TPSA) is 78.4 Å². The molecule has 0 saturated carbocycles. The Morgan fingerprint density at radius 3 is 2.36 bits per heavy atom. The molecule has 2 aromatic rings. The van der Waals surface area contributed by atoms with Gasteiger partial charge in [0, 0.05) is 12.2 Å². The molecule has 0 aliphatic rings. The Kier molecular flexibility index (Phi) is 5.82. The number of aryl methyl sites for hydroxylation is 2. The Balaban J connectivity index is 1.97. The standard InChI is InChI=1S/C18H18F2N2O3/c1-10-6-7-11(2)14(8-10)22-18(25)17(24)21-9-15(23)16-12(19)4-3-5-13(16)20/h3-8,15,23H,9H2,1-2H3,(H,21,24)(H,22,25)/t15-/m0/s1. The number of halogens is 2. The molecule has 2 amide bonds. The maximum atomic E-state index is 13.6. The van der Waals surface area contributed by atoms with E-state index in [4.69, 9.17) is 0 Å². The van der Waals surface area contributed by atoms with Crippen LogP contribution in [0.5, 0.6) is 0 Å². The van der Waals surface area contributed by atoms with Crippen molar-refractivity contribution in [1.82, 2.24) is 5.32 Å². The third-order valence-corrected chi connectivity index (χ3v) is 3.64. The molecule has 2 aromatic carbocycles. The molecule has 0 aliphatic heterocycles. The van der Waals surface area contributed by atoms with Crippen LogP contribution in [0.4, 0.5) is 14.5 Å². The molecule has 0 fully saturated rings. The van der Waals surface area contributed by atoms with E-state index in [0.29, 0.717) is 5.69 Å². The van der Waals surface area contributed by atoms with Gasteiger partial charge in [-0.3, -0.25) is 9.59 Å². The quantitative estimate of drug-likeness (QED) is 0.743. The zero-order valence-electron chi connectivity index (χ0n) is 13.8. The fraction of sp³-hybridized carbons (Fsp3) is 0.222. The summed E-state index contributed by atoms with van der Waals surface area (Å²) >= 11 is 0. The molecule has 5 nitrogen and oxygen atoms in total. The van der Waals surface area contributed by atoms with Crippen molar-refractivity contribution in [3.8, 4) is 0 Å². The number of carbonyl (C=O) groups is 2. The minimum absolute atomic E-state index is 0.487. The number of hydrogen-bond donors (Lipinski definition) is 3. The number of amides is 2. The number of carbonyl (C=O) groups excluding carboxylic acids is 2. The lowest BCUT2D eigenvalue weighted by Crippen LogP contribution is -2.38. The van der Waals surface area contributed by atoms with Crippen molar-refractivity contribution in [2.45, 2.75) is 20.0 Å². The summed E-state index contributed by atoms with van der Waals surface area (Å²) in [5.74, 6) is -3.81. The van der Waals surface area contributed by atoms with Crippen molar-refractivity contribution in [2.75, 3.05) is 11.9 Å². The second-order valence-electron chi connectivity index (χ2n) is 5.63. The van der Waals surface area contributed by atoms with E-state index in [-0.39, 0.29) is 0 Å². The van der Waals surface area contributed by atoms with Crippen LogP contribution in [-0.2, 0) is 9.59 Å². The summed E-state index contributed by atoms with van der Waals surface area (Å²) in [5, 5.41) is 14.5. The van der Waals surface area contributed by atoms with Gasteiger partial charge in [-0.1, -0.05) is 18.2 Å². The van der Waals surface area contributed by atoms with Gasteiger partial charge in [0.1, 0.15) is 17.7 Å². The van der Waals surface area contributed by atoms with Crippen molar-refractivity contribution in [2.24, 2.45) is 0 Å². The number of hydrogen-bond acceptors (Lipinski definition) is 3. The Morgan fingerprint density at radius 2 is 1.72 bits per heavy atom. The Hall–Kier alpha value is -2.80. The zero-order chi connectivity index (χ0) is 18.6. The lowest BCUT2D eigenvalue weighted by molar-refractivity contribution is -0.136. The van der Waals surface area contributed by atoms with E-state index in [2.05, 4.69) is 10.6 Å². The van der Waals surface area contributed by atoms with E-state index in [1.165, 1.54) is 0 Å². The second kappa shape index (κ2) is 7.85. The highest BCUT2D eigenvalue weighted by molar-refractivity contribution is 6.39. The molecule has 0 heterocycles. The van der Waals surface area contributed by atoms with Crippen molar-refractivity contribution in [3.05, 3.63) is 64.7 Å². The number of aliphatic hydroxyl groups excluding tert-OH is 1. The maximum Gasteiger partial charge on any atom is 0.313 e.